The van der Waals surface area contributed by atoms with Gasteiger partial charge in [-0.15, -0.1) is 0 Å². The summed E-state index contributed by atoms with van der Waals surface area (Å²) in [6.45, 7) is 15.0. The molecule has 0 aromatic carbocycles. The summed E-state index contributed by atoms with van der Waals surface area (Å²) in [7, 11) is 4.51. The molecule has 0 aromatic heterocycles. The zero-order valence-electron chi connectivity index (χ0n) is 23.3. The van der Waals surface area contributed by atoms with Crippen LogP contribution in [0.1, 0.15) is 112 Å². The minimum Gasteiger partial charge on any atom is -0.328 e. The molecule has 33 heavy (non-hydrogen) atoms. The minimum absolute atomic E-state index is 0.281. The van der Waals surface area contributed by atoms with Crippen molar-refractivity contribution in [3.63, 3.8) is 0 Å². The van der Waals surface area contributed by atoms with E-state index in [-0.39, 0.29) is 5.54 Å². The number of hydrogen-bond acceptors (Lipinski definition) is 4. The van der Waals surface area contributed by atoms with E-state index in [1.807, 2.05) is 0 Å². The largest absolute Gasteiger partial charge is 0.328 e. The fourth-order valence-corrected chi connectivity index (χ4v) is 7.32. The first-order valence-corrected chi connectivity index (χ1v) is 14.3. The van der Waals surface area contributed by atoms with Crippen LogP contribution in [0, 0.1) is 22.7 Å². The lowest BCUT2D eigenvalue weighted by atomic mass is 9.61. The molecule has 3 aliphatic rings. The second kappa shape index (κ2) is 10.8. The Labute approximate surface area is 206 Å². The zero-order valence-corrected chi connectivity index (χ0v) is 23.3. The number of piperidine rings is 1. The fourth-order valence-electron chi connectivity index (χ4n) is 7.32. The molecule has 2 saturated carbocycles. The van der Waals surface area contributed by atoms with Crippen LogP contribution in [0.15, 0.2) is 0 Å². The molecule has 0 aromatic rings. The van der Waals surface area contributed by atoms with Gasteiger partial charge in [0.2, 0.25) is 0 Å². The van der Waals surface area contributed by atoms with E-state index in [2.05, 4.69) is 58.5 Å². The smallest absolute Gasteiger partial charge is 0.0181 e. The number of rotatable bonds is 10. The van der Waals surface area contributed by atoms with Gasteiger partial charge in [0.05, 0.1) is 0 Å². The molecule has 4 nitrogen and oxygen atoms in total. The Bertz CT molecular complexity index is 599. The lowest BCUT2D eigenvalue weighted by Crippen LogP contribution is -2.54. The molecule has 3 fully saturated rings. The first-order valence-electron chi connectivity index (χ1n) is 14.3. The lowest BCUT2D eigenvalue weighted by molar-refractivity contribution is 0.0121. The van der Waals surface area contributed by atoms with Crippen molar-refractivity contribution >= 4 is 0 Å². The summed E-state index contributed by atoms with van der Waals surface area (Å²) in [6, 6.07) is 1.62. The Morgan fingerprint density at radius 2 is 1.24 bits per heavy atom. The van der Waals surface area contributed by atoms with Crippen molar-refractivity contribution in [2.75, 3.05) is 27.2 Å². The highest BCUT2D eigenvalue weighted by atomic mass is 15.2. The molecule has 0 amide bonds. The molecule has 3 rings (SSSR count). The highest BCUT2D eigenvalue weighted by molar-refractivity contribution is 4.98. The maximum atomic E-state index is 6.41. The van der Waals surface area contributed by atoms with E-state index in [9.17, 15) is 0 Å². The Balaban J connectivity index is 1.63. The van der Waals surface area contributed by atoms with E-state index >= 15 is 0 Å². The van der Waals surface area contributed by atoms with Gasteiger partial charge in [-0.2, -0.15) is 0 Å². The topological polar surface area (TPSA) is 58.5 Å². The highest BCUT2D eigenvalue weighted by Crippen LogP contribution is 2.48. The third-order valence-electron chi connectivity index (χ3n) is 10.8. The molecule has 4 N–H and O–H groups in total. The molecule has 0 spiro atoms. The summed E-state index contributed by atoms with van der Waals surface area (Å²) in [4.78, 5) is 5.27. The Morgan fingerprint density at radius 1 is 0.697 bits per heavy atom. The van der Waals surface area contributed by atoms with Gasteiger partial charge in [-0.05, 0) is 121 Å². The number of nitrogens with zero attached hydrogens (tertiary/aromatic N) is 2. The first kappa shape index (κ1) is 27.4. The predicted molar refractivity (Wildman–Crippen MR) is 143 cm³/mol. The van der Waals surface area contributed by atoms with Crippen LogP contribution in [0.3, 0.4) is 0 Å². The van der Waals surface area contributed by atoms with E-state index < -0.39 is 0 Å². The molecule has 3 unspecified atom stereocenters. The fraction of sp³-hybridized carbons (Fsp3) is 1.00. The van der Waals surface area contributed by atoms with Crippen LogP contribution in [0.25, 0.3) is 0 Å². The molecule has 194 valence electrons. The summed E-state index contributed by atoms with van der Waals surface area (Å²) >= 11 is 0. The average molecular weight is 463 g/mol. The molecule has 4 heteroatoms. The molecule has 3 atom stereocenters. The summed E-state index contributed by atoms with van der Waals surface area (Å²) in [5.41, 5.74) is 13.8. The van der Waals surface area contributed by atoms with Crippen LogP contribution < -0.4 is 11.5 Å². The molecule has 1 saturated heterocycles. The second-order valence-electron chi connectivity index (χ2n) is 14.1. The van der Waals surface area contributed by atoms with Crippen LogP contribution in [0.5, 0.6) is 0 Å². The third-order valence-corrected chi connectivity index (χ3v) is 10.8. The molecule has 1 heterocycles. The van der Waals surface area contributed by atoms with Crippen molar-refractivity contribution in [1.29, 1.82) is 0 Å². The van der Waals surface area contributed by atoms with Crippen LogP contribution >= 0.6 is 0 Å². The van der Waals surface area contributed by atoms with Gasteiger partial charge in [0.25, 0.3) is 0 Å². The van der Waals surface area contributed by atoms with Crippen molar-refractivity contribution in [2.24, 2.45) is 34.1 Å². The van der Waals surface area contributed by atoms with Gasteiger partial charge in [-0.1, -0.05) is 27.7 Å². The van der Waals surface area contributed by atoms with Crippen LogP contribution in [0.4, 0.5) is 0 Å². The maximum Gasteiger partial charge on any atom is 0.0181 e. The van der Waals surface area contributed by atoms with Crippen molar-refractivity contribution in [3.05, 3.63) is 0 Å². The normalized spacial score (nSPS) is 32.5. The van der Waals surface area contributed by atoms with Crippen molar-refractivity contribution in [1.82, 2.24) is 9.80 Å². The summed E-state index contributed by atoms with van der Waals surface area (Å²) in [6.07, 6.45) is 15.6. The van der Waals surface area contributed by atoms with Gasteiger partial charge in [0.15, 0.2) is 0 Å². The number of hydrogen-bond donors (Lipinski definition) is 2. The van der Waals surface area contributed by atoms with Gasteiger partial charge >= 0.3 is 0 Å². The predicted octanol–water partition coefficient (Wildman–Crippen LogP) is 5.64. The maximum absolute atomic E-state index is 6.41. The quantitative estimate of drug-likeness (QED) is 0.441. The van der Waals surface area contributed by atoms with E-state index in [1.54, 1.807) is 0 Å². The third kappa shape index (κ3) is 6.74. The van der Waals surface area contributed by atoms with E-state index in [0.29, 0.717) is 28.8 Å². The molecule has 0 radical (unpaired) electrons. The second-order valence-corrected chi connectivity index (χ2v) is 14.1. The summed E-state index contributed by atoms with van der Waals surface area (Å²) in [5, 5.41) is 0. The molecule has 1 aliphatic heterocycles. The molecular weight excluding hydrogens is 404 g/mol. The van der Waals surface area contributed by atoms with Gasteiger partial charge < -0.3 is 16.4 Å². The Hall–Kier alpha value is -0.160. The monoisotopic (exact) mass is 462 g/mol. The van der Waals surface area contributed by atoms with Gasteiger partial charge in [0.1, 0.15) is 0 Å². The van der Waals surface area contributed by atoms with Crippen LogP contribution in [0.2, 0.25) is 0 Å². The van der Waals surface area contributed by atoms with E-state index in [1.165, 1.54) is 77.3 Å². The Kier molecular flexibility index (Phi) is 9.01. The van der Waals surface area contributed by atoms with Gasteiger partial charge in [-0.25, -0.2) is 0 Å². The van der Waals surface area contributed by atoms with Crippen molar-refractivity contribution in [2.45, 2.75) is 135 Å². The first-order chi connectivity index (χ1) is 15.3. The van der Waals surface area contributed by atoms with E-state index in [4.69, 9.17) is 11.5 Å². The van der Waals surface area contributed by atoms with E-state index in [0.717, 1.165) is 24.8 Å². The summed E-state index contributed by atoms with van der Waals surface area (Å²) < 4.78 is 0. The summed E-state index contributed by atoms with van der Waals surface area (Å²) in [5.74, 6) is 1.58. The van der Waals surface area contributed by atoms with Crippen molar-refractivity contribution < 1.29 is 0 Å². The number of likely N-dealkylation sites (tertiary alicyclic amines) is 1. The molecule has 0 bridgehead atoms. The van der Waals surface area contributed by atoms with Crippen LogP contribution in [-0.2, 0) is 0 Å². The Morgan fingerprint density at radius 3 is 1.70 bits per heavy atom. The highest BCUT2D eigenvalue weighted by Gasteiger charge is 2.43. The van der Waals surface area contributed by atoms with Crippen molar-refractivity contribution in [3.8, 4) is 0 Å². The van der Waals surface area contributed by atoms with Gasteiger partial charge in [-0.3, -0.25) is 4.90 Å². The zero-order chi connectivity index (χ0) is 24.4. The minimum atomic E-state index is 0.281. The lowest BCUT2D eigenvalue weighted by Gasteiger charge is -2.50. The van der Waals surface area contributed by atoms with Gasteiger partial charge in [0, 0.05) is 36.8 Å². The average Bonchev–Trinajstić information content (AvgIpc) is 2.75. The molecule has 2 aliphatic carbocycles. The standard InChI is InChI=1S/C29H58N4/c1-27(2,22-8-10-24(11-9-22)32(6)7)16-18-29(5,33-20-14-23(30)15-21-33)19-17-28(3,4)25-12-13-26(25)31/h22-26H,8-21,30-31H2,1-7H3. The number of nitrogens with two attached hydrogens (primary N) is 2. The SMILES string of the molecule is CN(C)C1CCC(C(C)(C)CCC(C)(CCC(C)(C)C2CCC2N)N2CCC(N)CC2)CC1. The molecular formula is C29H58N4. The van der Waals surface area contributed by atoms with Crippen LogP contribution in [-0.4, -0.2) is 60.6 Å².